The molecule has 2 bridgehead atoms. The lowest BCUT2D eigenvalue weighted by Crippen LogP contribution is -2.57. The van der Waals surface area contributed by atoms with E-state index in [0.717, 1.165) is 24.9 Å². The van der Waals surface area contributed by atoms with Crippen molar-refractivity contribution in [1.82, 2.24) is 9.88 Å². The Morgan fingerprint density at radius 3 is 2.48 bits per heavy atom. The molecule has 3 heterocycles. The Hall–Kier alpha value is -2.04. The van der Waals surface area contributed by atoms with Gasteiger partial charge in [0.05, 0.1) is 13.2 Å². The number of pyridine rings is 1. The molecule has 4 rings (SSSR count). The van der Waals surface area contributed by atoms with Crippen molar-refractivity contribution >= 4 is 5.78 Å². The van der Waals surface area contributed by atoms with E-state index < -0.39 is 0 Å². The van der Waals surface area contributed by atoms with Crippen LogP contribution in [0.3, 0.4) is 0 Å². The minimum atomic E-state index is 0.0566. The molecule has 2 aromatic rings. The predicted octanol–water partition coefficient (Wildman–Crippen LogP) is 3.25. The van der Waals surface area contributed by atoms with Crippen LogP contribution in [0.1, 0.15) is 34.5 Å². The quantitative estimate of drug-likeness (QED) is 0.804. The fraction of sp³-hybridized carbons (Fsp3) is 0.429. The SMILES string of the molecule is Cc1ccc(C(=O)C2CC3COCC(C2)N3Cc2ccccc2)nc1. The molecule has 1 aromatic carbocycles. The summed E-state index contributed by atoms with van der Waals surface area (Å²) in [5.74, 6) is 0.248. The van der Waals surface area contributed by atoms with E-state index in [4.69, 9.17) is 4.74 Å². The monoisotopic (exact) mass is 336 g/mol. The molecule has 0 saturated carbocycles. The Bertz CT molecular complexity index is 715. The summed E-state index contributed by atoms with van der Waals surface area (Å²) in [6.07, 6.45) is 3.50. The Morgan fingerprint density at radius 2 is 1.84 bits per heavy atom. The van der Waals surface area contributed by atoms with Crippen LogP contribution in [-0.2, 0) is 11.3 Å². The van der Waals surface area contributed by atoms with Crippen molar-refractivity contribution < 1.29 is 9.53 Å². The van der Waals surface area contributed by atoms with Gasteiger partial charge in [-0.25, -0.2) is 0 Å². The molecule has 1 aromatic heterocycles. The van der Waals surface area contributed by atoms with Gasteiger partial charge in [-0.2, -0.15) is 0 Å². The van der Waals surface area contributed by atoms with Gasteiger partial charge in [0.15, 0.2) is 5.78 Å². The van der Waals surface area contributed by atoms with Gasteiger partial charge in [-0.05, 0) is 37.0 Å². The number of hydrogen-bond acceptors (Lipinski definition) is 4. The summed E-state index contributed by atoms with van der Waals surface area (Å²) in [5, 5.41) is 0. The summed E-state index contributed by atoms with van der Waals surface area (Å²) in [6, 6.07) is 15.0. The van der Waals surface area contributed by atoms with Crippen molar-refractivity contribution in [3.05, 3.63) is 65.5 Å². The largest absolute Gasteiger partial charge is 0.378 e. The lowest BCUT2D eigenvalue weighted by Gasteiger charge is -2.48. The van der Waals surface area contributed by atoms with Crippen LogP contribution in [-0.4, -0.2) is 41.0 Å². The molecular formula is C21H24N2O2. The summed E-state index contributed by atoms with van der Waals surface area (Å²) in [5.41, 5.74) is 3.01. The molecule has 0 amide bonds. The van der Waals surface area contributed by atoms with Gasteiger partial charge in [-0.3, -0.25) is 14.7 Å². The third-order valence-electron chi connectivity index (χ3n) is 5.41. The van der Waals surface area contributed by atoms with Gasteiger partial charge in [0.1, 0.15) is 5.69 Å². The van der Waals surface area contributed by atoms with E-state index in [0.29, 0.717) is 31.0 Å². The van der Waals surface area contributed by atoms with Crippen LogP contribution in [0.2, 0.25) is 0 Å². The molecule has 0 spiro atoms. The smallest absolute Gasteiger partial charge is 0.184 e. The number of Topliss-reactive ketones (excluding diaryl/α,β-unsaturated/α-hetero) is 1. The van der Waals surface area contributed by atoms with Crippen molar-refractivity contribution in [1.29, 1.82) is 0 Å². The first kappa shape index (κ1) is 16.4. The van der Waals surface area contributed by atoms with Gasteiger partial charge in [0.25, 0.3) is 0 Å². The molecule has 2 saturated heterocycles. The van der Waals surface area contributed by atoms with Crippen molar-refractivity contribution in [2.75, 3.05) is 13.2 Å². The highest BCUT2D eigenvalue weighted by Gasteiger charge is 2.41. The van der Waals surface area contributed by atoms with Gasteiger partial charge in [-0.1, -0.05) is 36.4 Å². The second kappa shape index (κ2) is 7.06. The zero-order chi connectivity index (χ0) is 17.2. The minimum absolute atomic E-state index is 0.0566. The number of hydrogen-bond donors (Lipinski definition) is 0. The fourth-order valence-corrected chi connectivity index (χ4v) is 4.08. The Labute approximate surface area is 148 Å². The van der Waals surface area contributed by atoms with Crippen LogP contribution < -0.4 is 0 Å². The number of piperidine rings is 1. The van der Waals surface area contributed by atoms with Crippen LogP contribution in [0.4, 0.5) is 0 Å². The maximum absolute atomic E-state index is 12.9. The fourth-order valence-electron chi connectivity index (χ4n) is 4.08. The van der Waals surface area contributed by atoms with E-state index in [1.807, 2.05) is 25.1 Å². The number of carbonyl (C=O) groups excluding carboxylic acids is 1. The molecule has 0 radical (unpaired) electrons. The molecule has 130 valence electrons. The molecule has 2 fully saturated rings. The summed E-state index contributed by atoms with van der Waals surface area (Å²) in [7, 11) is 0. The van der Waals surface area contributed by atoms with Gasteiger partial charge in [0, 0.05) is 30.7 Å². The average Bonchev–Trinajstić information content (AvgIpc) is 2.62. The number of morpholine rings is 1. The minimum Gasteiger partial charge on any atom is -0.378 e. The summed E-state index contributed by atoms with van der Waals surface area (Å²) in [6.45, 7) is 4.36. The number of ether oxygens (including phenoxy) is 1. The van der Waals surface area contributed by atoms with E-state index in [1.54, 1.807) is 6.20 Å². The standard InChI is InChI=1S/C21H24N2O2/c1-15-7-8-20(22-11-15)21(24)17-9-18-13-25-14-19(10-17)23(18)12-16-5-3-2-4-6-16/h2-8,11,17-19H,9-10,12-14H2,1H3. The number of nitrogens with zero attached hydrogens (tertiary/aromatic N) is 2. The van der Waals surface area contributed by atoms with E-state index in [2.05, 4.69) is 34.1 Å². The van der Waals surface area contributed by atoms with Crippen LogP contribution in [0.15, 0.2) is 48.7 Å². The van der Waals surface area contributed by atoms with Crippen LogP contribution in [0.5, 0.6) is 0 Å². The summed E-state index contributed by atoms with van der Waals surface area (Å²) in [4.78, 5) is 19.8. The number of fused-ring (bicyclic) bond motifs is 2. The average molecular weight is 336 g/mol. The maximum atomic E-state index is 12.9. The molecule has 2 unspecified atom stereocenters. The maximum Gasteiger partial charge on any atom is 0.184 e. The molecule has 4 nitrogen and oxygen atoms in total. The van der Waals surface area contributed by atoms with Crippen molar-refractivity contribution in [2.24, 2.45) is 5.92 Å². The molecule has 4 heteroatoms. The van der Waals surface area contributed by atoms with Gasteiger partial charge < -0.3 is 4.74 Å². The highest BCUT2D eigenvalue weighted by Crippen LogP contribution is 2.34. The first-order valence-electron chi connectivity index (χ1n) is 9.05. The third-order valence-corrected chi connectivity index (χ3v) is 5.41. The number of aromatic nitrogens is 1. The van der Waals surface area contributed by atoms with Gasteiger partial charge in [-0.15, -0.1) is 0 Å². The van der Waals surface area contributed by atoms with Crippen LogP contribution in [0, 0.1) is 12.8 Å². The van der Waals surface area contributed by atoms with Crippen molar-refractivity contribution in [3.8, 4) is 0 Å². The summed E-state index contributed by atoms with van der Waals surface area (Å²) >= 11 is 0. The van der Waals surface area contributed by atoms with Crippen LogP contribution >= 0.6 is 0 Å². The first-order chi connectivity index (χ1) is 12.2. The third kappa shape index (κ3) is 3.51. The zero-order valence-corrected chi connectivity index (χ0v) is 14.6. The highest BCUT2D eigenvalue weighted by atomic mass is 16.5. The topological polar surface area (TPSA) is 42.4 Å². The zero-order valence-electron chi connectivity index (χ0n) is 14.6. The van der Waals surface area contributed by atoms with Crippen molar-refractivity contribution in [3.63, 3.8) is 0 Å². The molecule has 0 aliphatic carbocycles. The molecular weight excluding hydrogens is 312 g/mol. The van der Waals surface area contributed by atoms with Crippen LogP contribution in [0.25, 0.3) is 0 Å². The summed E-state index contributed by atoms with van der Waals surface area (Å²) < 4.78 is 5.79. The van der Waals surface area contributed by atoms with E-state index in [-0.39, 0.29) is 11.7 Å². The number of ketones is 1. The molecule has 25 heavy (non-hydrogen) atoms. The Morgan fingerprint density at radius 1 is 1.12 bits per heavy atom. The molecule has 2 aliphatic heterocycles. The molecule has 2 aliphatic rings. The predicted molar refractivity (Wildman–Crippen MR) is 96.4 cm³/mol. The molecule has 0 N–H and O–H groups in total. The van der Waals surface area contributed by atoms with E-state index >= 15 is 0 Å². The number of carbonyl (C=O) groups is 1. The highest BCUT2D eigenvalue weighted by molar-refractivity contribution is 5.96. The lowest BCUT2D eigenvalue weighted by molar-refractivity contribution is -0.0873. The van der Waals surface area contributed by atoms with Crippen molar-refractivity contribution in [2.45, 2.75) is 38.4 Å². The van der Waals surface area contributed by atoms with Gasteiger partial charge >= 0.3 is 0 Å². The lowest BCUT2D eigenvalue weighted by atomic mass is 9.81. The first-order valence-corrected chi connectivity index (χ1v) is 9.05. The number of benzene rings is 1. The second-order valence-electron chi connectivity index (χ2n) is 7.26. The van der Waals surface area contributed by atoms with E-state index in [1.165, 1.54) is 5.56 Å². The second-order valence-corrected chi connectivity index (χ2v) is 7.26. The Balaban J connectivity index is 1.49. The molecule has 2 atom stereocenters. The van der Waals surface area contributed by atoms with Gasteiger partial charge in [0.2, 0.25) is 0 Å². The number of rotatable bonds is 4. The Kier molecular flexibility index (Phi) is 4.64. The normalized spacial score (nSPS) is 26.4. The van der Waals surface area contributed by atoms with E-state index in [9.17, 15) is 4.79 Å². The number of aryl methyl sites for hydroxylation is 1.